The van der Waals surface area contributed by atoms with E-state index in [4.69, 9.17) is 4.42 Å². The quantitative estimate of drug-likeness (QED) is 0.158. The molecule has 12 rings (SSSR count). The van der Waals surface area contributed by atoms with Crippen molar-refractivity contribution >= 4 is 82.4 Å². The van der Waals surface area contributed by atoms with Crippen LogP contribution in [0.3, 0.4) is 0 Å². The number of nitrogens with zero attached hydrogens (tertiary/aromatic N) is 2. The minimum Gasteiger partial charge on any atom is -0.454 e. The predicted octanol–water partition coefficient (Wildman–Crippen LogP) is 15.8. The van der Waals surface area contributed by atoms with Crippen LogP contribution in [0, 0.1) is 0 Å². The third-order valence-corrected chi connectivity index (χ3v) is 11.9. The largest absolute Gasteiger partial charge is 0.454 e. The Morgan fingerprint density at radius 1 is 0.373 bits per heavy atom. The van der Waals surface area contributed by atoms with Gasteiger partial charge in [0, 0.05) is 43.9 Å². The van der Waals surface area contributed by atoms with Gasteiger partial charge in [0.15, 0.2) is 5.58 Å². The number of hydrogen-bond donors (Lipinski definition) is 0. The van der Waals surface area contributed by atoms with Crippen LogP contribution in [0.5, 0.6) is 0 Å². The van der Waals surface area contributed by atoms with E-state index in [2.05, 4.69) is 222 Å². The molecule has 59 heavy (non-hydrogen) atoms. The molecule has 276 valence electrons. The maximum atomic E-state index is 6.70. The molecule has 0 radical (unpaired) electrons. The van der Waals surface area contributed by atoms with E-state index in [1.54, 1.807) is 0 Å². The van der Waals surface area contributed by atoms with Crippen molar-refractivity contribution in [2.45, 2.75) is 0 Å². The second-order valence-electron chi connectivity index (χ2n) is 15.3. The lowest BCUT2D eigenvalue weighted by Crippen LogP contribution is -2.10. The molecule has 0 aliphatic heterocycles. The Balaban J connectivity index is 1.23. The molecular formula is C56H36N2O. The van der Waals surface area contributed by atoms with Gasteiger partial charge in [-0.25, -0.2) is 0 Å². The lowest BCUT2D eigenvalue weighted by atomic mass is 9.95. The smallest absolute Gasteiger partial charge is 0.159 e. The van der Waals surface area contributed by atoms with Gasteiger partial charge < -0.3 is 13.9 Å². The van der Waals surface area contributed by atoms with Gasteiger partial charge in [0.05, 0.1) is 22.4 Å². The molecule has 3 heteroatoms. The average molecular weight is 753 g/mol. The molecule has 0 saturated heterocycles. The lowest BCUT2D eigenvalue weighted by Gasteiger charge is -2.26. The highest BCUT2D eigenvalue weighted by molar-refractivity contribution is 6.19. The number of benzene rings is 10. The second-order valence-corrected chi connectivity index (χ2v) is 15.3. The van der Waals surface area contributed by atoms with Crippen LogP contribution in [0.1, 0.15) is 0 Å². The summed E-state index contributed by atoms with van der Waals surface area (Å²) in [6, 6.07) is 78.8. The summed E-state index contributed by atoms with van der Waals surface area (Å²) in [5, 5.41) is 9.48. The number of furan rings is 1. The van der Waals surface area contributed by atoms with Crippen LogP contribution in [0.15, 0.2) is 223 Å². The van der Waals surface area contributed by atoms with Gasteiger partial charge in [0.2, 0.25) is 0 Å². The molecule has 2 aromatic heterocycles. The second kappa shape index (κ2) is 13.4. The van der Waals surface area contributed by atoms with Crippen molar-refractivity contribution in [1.82, 2.24) is 4.57 Å². The van der Waals surface area contributed by atoms with Crippen LogP contribution in [-0.4, -0.2) is 4.57 Å². The number of hydrogen-bond acceptors (Lipinski definition) is 2. The number of rotatable bonds is 6. The van der Waals surface area contributed by atoms with E-state index < -0.39 is 0 Å². The van der Waals surface area contributed by atoms with Crippen molar-refractivity contribution in [3.8, 4) is 27.9 Å². The molecule has 0 amide bonds. The van der Waals surface area contributed by atoms with Crippen molar-refractivity contribution in [2.24, 2.45) is 0 Å². The zero-order chi connectivity index (χ0) is 38.9. The molecule has 0 saturated carbocycles. The predicted molar refractivity (Wildman–Crippen MR) is 249 cm³/mol. The number of para-hydroxylation sites is 3. The Bertz CT molecular complexity index is 3550. The molecule has 0 spiro atoms. The fourth-order valence-electron chi connectivity index (χ4n) is 9.29. The van der Waals surface area contributed by atoms with Crippen molar-refractivity contribution in [1.29, 1.82) is 0 Å². The van der Waals surface area contributed by atoms with E-state index in [9.17, 15) is 0 Å². The summed E-state index contributed by atoms with van der Waals surface area (Å²) < 4.78 is 9.23. The van der Waals surface area contributed by atoms with Gasteiger partial charge in [-0.1, -0.05) is 164 Å². The Morgan fingerprint density at radius 3 is 1.81 bits per heavy atom. The Labute approximate surface area is 341 Å². The first-order valence-corrected chi connectivity index (χ1v) is 20.2. The molecule has 10 aromatic carbocycles. The maximum Gasteiger partial charge on any atom is 0.159 e. The van der Waals surface area contributed by atoms with E-state index in [-0.39, 0.29) is 0 Å². The Hall–Kier alpha value is -7.88. The van der Waals surface area contributed by atoms with Gasteiger partial charge >= 0.3 is 0 Å². The average Bonchev–Trinajstić information content (AvgIpc) is 3.85. The highest BCUT2D eigenvalue weighted by Crippen LogP contribution is 2.47. The SMILES string of the molecule is c1ccc(-c2cc(-c3ccccc3)c3c(c2)c2ccc(N(c4ccccc4)c4cccc5c4oc4ccccc45)cc2n3-c2cc3ccccc3c3ccccc23)cc1. The minimum atomic E-state index is 0.859. The topological polar surface area (TPSA) is 21.3 Å². The van der Waals surface area contributed by atoms with Crippen molar-refractivity contribution in [3.63, 3.8) is 0 Å². The number of aromatic nitrogens is 1. The van der Waals surface area contributed by atoms with Crippen LogP contribution in [0.2, 0.25) is 0 Å². The summed E-state index contributed by atoms with van der Waals surface area (Å²) in [5.74, 6) is 0. The Morgan fingerprint density at radius 2 is 1.02 bits per heavy atom. The van der Waals surface area contributed by atoms with E-state index in [1.165, 1.54) is 60.1 Å². The highest BCUT2D eigenvalue weighted by atomic mass is 16.3. The first-order chi connectivity index (χ1) is 29.3. The fraction of sp³-hybridized carbons (Fsp3) is 0. The molecule has 0 fully saturated rings. The van der Waals surface area contributed by atoms with Gasteiger partial charge in [0.25, 0.3) is 0 Å². The lowest BCUT2D eigenvalue weighted by molar-refractivity contribution is 0.669. The summed E-state index contributed by atoms with van der Waals surface area (Å²) in [6.45, 7) is 0. The zero-order valence-electron chi connectivity index (χ0n) is 32.1. The molecule has 12 aromatic rings. The van der Waals surface area contributed by atoms with E-state index in [0.717, 1.165) is 50.2 Å². The molecule has 0 unspecified atom stereocenters. The van der Waals surface area contributed by atoms with Crippen molar-refractivity contribution in [3.05, 3.63) is 218 Å². The van der Waals surface area contributed by atoms with Crippen molar-refractivity contribution in [2.75, 3.05) is 4.90 Å². The normalized spacial score (nSPS) is 11.7. The monoisotopic (exact) mass is 752 g/mol. The van der Waals surface area contributed by atoms with E-state index in [1.807, 2.05) is 6.07 Å². The van der Waals surface area contributed by atoms with Crippen LogP contribution in [-0.2, 0) is 0 Å². The molecule has 0 aliphatic rings. The van der Waals surface area contributed by atoms with Crippen LogP contribution in [0.25, 0.3) is 93.2 Å². The summed E-state index contributed by atoms with van der Waals surface area (Å²) in [6.07, 6.45) is 0. The van der Waals surface area contributed by atoms with Gasteiger partial charge in [-0.2, -0.15) is 0 Å². The fourth-order valence-corrected chi connectivity index (χ4v) is 9.29. The number of anilines is 3. The van der Waals surface area contributed by atoms with Crippen LogP contribution >= 0.6 is 0 Å². The van der Waals surface area contributed by atoms with Crippen LogP contribution < -0.4 is 4.90 Å². The van der Waals surface area contributed by atoms with Gasteiger partial charge in [-0.05, 0) is 87.4 Å². The molecular weight excluding hydrogens is 717 g/mol. The van der Waals surface area contributed by atoms with Crippen molar-refractivity contribution < 1.29 is 4.42 Å². The molecule has 3 nitrogen and oxygen atoms in total. The summed E-state index contributed by atoms with van der Waals surface area (Å²) in [7, 11) is 0. The standard InChI is InChI=1S/C56H36N2O/c1-4-17-37(18-5-1)40-33-49(38-19-6-2-7-20-38)55-50(34-40)46-32-31-42(36-53(46)58(55)52-35-39-21-10-11-24-43(39)44-25-12-13-26-45(44)52)57(41-22-8-3-9-23-41)51-29-16-28-48-47-27-14-15-30-54(47)59-56(48)51/h1-36H. The molecule has 2 heterocycles. The van der Waals surface area contributed by atoms with Crippen LogP contribution in [0.4, 0.5) is 17.1 Å². The van der Waals surface area contributed by atoms with E-state index in [0.29, 0.717) is 0 Å². The van der Waals surface area contributed by atoms with E-state index >= 15 is 0 Å². The molecule has 0 aliphatic carbocycles. The highest BCUT2D eigenvalue weighted by Gasteiger charge is 2.24. The molecule has 0 N–H and O–H groups in total. The summed E-state index contributed by atoms with van der Waals surface area (Å²) in [4.78, 5) is 2.35. The third kappa shape index (κ3) is 5.29. The first-order valence-electron chi connectivity index (χ1n) is 20.2. The van der Waals surface area contributed by atoms with Gasteiger partial charge in [0.1, 0.15) is 5.58 Å². The number of fused-ring (bicyclic) bond motifs is 9. The first kappa shape index (κ1) is 33.3. The van der Waals surface area contributed by atoms with Gasteiger partial charge in [-0.15, -0.1) is 0 Å². The summed E-state index contributed by atoms with van der Waals surface area (Å²) >= 11 is 0. The summed E-state index contributed by atoms with van der Waals surface area (Å²) in [5.41, 5.74) is 13.0. The molecule has 0 bridgehead atoms. The Kier molecular flexibility index (Phi) is 7.54. The third-order valence-electron chi connectivity index (χ3n) is 11.9. The maximum absolute atomic E-state index is 6.70. The zero-order valence-corrected chi connectivity index (χ0v) is 32.1. The molecule has 0 atom stereocenters. The van der Waals surface area contributed by atoms with Gasteiger partial charge in [-0.3, -0.25) is 0 Å². The minimum absolute atomic E-state index is 0.859.